The average Bonchev–Trinajstić information content (AvgIpc) is 2.42. The smallest absolute Gasteiger partial charge is 0.0316 e. The SMILES string of the molecule is CCCN1CCc2ccc(N)cc2CC1. The summed E-state index contributed by atoms with van der Waals surface area (Å²) >= 11 is 0. The van der Waals surface area contributed by atoms with Gasteiger partial charge in [0.25, 0.3) is 0 Å². The van der Waals surface area contributed by atoms with Crippen LogP contribution in [0.2, 0.25) is 0 Å². The van der Waals surface area contributed by atoms with Crippen LogP contribution in [0.15, 0.2) is 18.2 Å². The summed E-state index contributed by atoms with van der Waals surface area (Å²) in [5.41, 5.74) is 9.65. The van der Waals surface area contributed by atoms with Gasteiger partial charge in [0.05, 0.1) is 0 Å². The van der Waals surface area contributed by atoms with E-state index in [0.29, 0.717) is 0 Å². The predicted octanol–water partition coefficient (Wildman–Crippen LogP) is 2.08. The number of nitrogens with zero attached hydrogens (tertiary/aromatic N) is 1. The van der Waals surface area contributed by atoms with Crippen molar-refractivity contribution in [3.8, 4) is 0 Å². The van der Waals surface area contributed by atoms with E-state index < -0.39 is 0 Å². The van der Waals surface area contributed by atoms with Gasteiger partial charge >= 0.3 is 0 Å². The van der Waals surface area contributed by atoms with Crippen molar-refractivity contribution in [2.24, 2.45) is 0 Å². The summed E-state index contributed by atoms with van der Waals surface area (Å²) in [5, 5.41) is 0. The zero-order valence-corrected chi connectivity index (χ0v) is 9.50. The van der Waals surface area contributed by atoms with Crippen molar-refractivity contribution in [2.75, 3.05) is 25.4 Å². The standard InChI is InChI=1S/C13H20N2/c1-2-7-15-8-5-11-3-4-13(14)10-12(11)6-9-15/h3-4,10H,2,5-9,14H2,1H3. The molecule has 0 saturated heterocycles. The Kier molecular flexibility index (Phi) is 3.27. The first-order valence-electron chi connectivity index (χ1n) is 5.89. The second kappa shape index (κ2) is 4.67. The van der Waals surface area contributed by atoms with Crippen LogP contribution in [-0.2, 0) is 12.8 Å². The van der Waals surface area contributed by atoms with Crippen molar-refractivity contribution in [1.29, 1.82) is 0 Å². The number of rotatable bonds is 2. The van der Waals surface area contributed by atoms with Gasteiger partial charge in [-0.3, -0.25) is 0 Å². The van der Waals surface area contributed by atoms with Crippen molar-refractivity contribution >= 4 is 5.69 Å². The van der Waals surface area contributed by atoms with Gasteiger partial charge in [-0.25, -0.2) is 0 Å². The first kappa shape index (κ1) is 10.5. The molecule has 0 saturated carbocycles. The molecule has 0 aliphatic carbocycles. The third-order valence-corrected chi connectivity index (χ3v) is 3.16. The molecule has 1 heterocycles. The Morgan fingerprint density at radius 2 is 1.93 bits per heavy atom. The summed E-state index contributed by atoms with van der Waals surface area (Å²) < 4.78 is 0. The molecule has 1 aliphatic heterocycles. The minimum Gasteiger partial charge on any atom is -0.399 e. The molecular formula is C13H20N2. The van der Waals surface area contributed by atoms with Gasteiger partial charge in [-0.15, -0.1) is 0 Å². The van der Waals surface area contributed by atoms with E-state index in [0.717, 1.165) is 12.1 Å². The number of nitrogens with two attached hydrogens (primary N) is 1. The van der Waals surface area contributed by atoms with Crippen molar-refractivity contribution < 1.29 is 0 Å². The van der Waals surface area contributed by atoms with Crippen LogP contribution in [0.1, 0.15) is 24.5 Å². The second-order valence-corrected chi connectivity index (χ2v) is 4.37. The van der Waals surface area contributed by atoms with Crippen LogP contribution in [0.3, 0.4) is 0 Å². The monoisotopic (exact) mass is 204 g/mol. The van der Waals surface area contributed by atoms with Crippen LogP contribution in [0.4, 0.5) is 5.69 Å². The van der Waals surface area contributed by atoms with Crippen LogP contribution in [0, 0.1) is 0 Å². The fourth-order valence-corrected chi connectivity index (χ4v) is 2.33. The lowest BCUT2D eigenvalue weighted by Crippen LogP contribution is -2.27. The summed E-state index contributed by atoms with van der Waals surface area (Å²) in [4.78, 5) is 2.55. The molecule has 15 heavy (non-hydrogen) atoms. The van der Waals surface area contributed by atoms with E-state index in [1.165, 1.54) is 43.6 Å². The van der Waals surface area contributed by atoms with Crippen molar-refractivity contribution in [3.05, 3.63) is 29.3 Å². The highest BCUT2D eigenvalue weighted by Gasteiger charge is 2.12. The minimum absolute atomic E-state index is 0.901. The summed E-state index contributed by atoms with van der Waals surface area (Å²) in [5.74, 6) is 0. The topological polar surface area (TPSA) is 29.3 Å². The van der Waals surface area contributed by atoms with Gasteiger partial charge in [-0.1, -0.05) is 13.0 Å². The lowest BCUT2D eigenvalue weighted by Gasteiger charge is -2.18. The van der Waals surface area contributed by atoms with E-state index in [9.17, 15) is 0 Å². The molecule has 2 nitrogen and oxygen atoms in total. The molecule has 0 aromatic heterocycles. The van der Waals surface area contributed by atoms with E-state index >= 15 is 0 Å². The summed E-state index contributed by atoms with van der Waals surface area (Å²) in [7, 11) is 0. The predicted molar refractivity (Wildman–Crippen MR) is 65.0 cm³/mol. The molecule has 0 spiro atoms. The molecule has 1 aromatic rings. The zero-order chi connectivity index (χ0) is 10.7. The number of benzene rings is 1. The van der Waals surface area contributed by atoms with Crippen LogP contribution in [-0.4, -0.2) is 24.5 Å². The van der Waals surface area contributed by atoms with Gasteiger partial charge in [0.2, 0.25) is 0 Å². The number of fused-ring (bicyclic) bond motifs is 1. The Morgan fingerprint density at radius 1 is 1.20 bits per heavy atom. The largest absolute Gasteiger partial charge is 0.399 e. The molecule has 0 radical (unpaired) electrons. The van der Waals surface area contributed by atoms with Crippen LogP contribution in [0.25, 0.3) is 0 Å². The minimum atomic E-state index is 0.901. The summed E-state index contributed by atoms with van der Waals surface area (Å²) in [6.07, 6.45) is 3.58. The van der Waals surface area contributed by atoms with Gasteiger partial charge < -0.3 is 10.6 Å². The number of hydrogen-bond acceptors (Lipinski definition) is 2. The Hall–Kier alpha value is -1.02. The number of anilines is 1. The first-order chi connectivity index (χ1) is 7.29. The molecule has 0 atom stereocenters. The lowest BCUT2D eigenvalue weighted by atomic mass is 10.0. The maximum absolute atomic E-state index is 5.81. The maximum atomic E-state index is 5.81. The van der Waals surface area contributed by atoms with Gasteiger partial charge in [0.1, 0.15) is 0 Å². The Bertz CT molecular complexity index is 333. The average molecular weight is 204 g/mol. The van der Waals surface area contributed by atoms with Crippen molar-refractivity contribution in [1.82, 2.24) is 4.90 Å². The molecule has 2 rings (SSSR count). The molecular weight excluding hydrogens is 184 g/mol. The summed E-state index contributed by atoms with van der Waals surface area (Å²) in [6, 6.07) is 6.36. The van der Waals surface area contributed by atoms with Crippen LogP contribution >= 0.6 is 0 Å². The zero-order valence-electron chi connectivity index (χ0n) is 9.50. The van der Waals surface area contributed by atoms with Gasteiger partial charge in [0, 0.05) is 18.8 Å². The highest BCUT2D eigenvalue weighted by Crippen LogP contribution is 2.18. The quantitative estimate of drug-likeness (QED) is 0.747. The third kappa shape index (κ3) is 2.51. The van der Waals surface area contributed by atoms with Gasteiger partial charge in [-0.2, -0.15) is 0 Å². The highest BCUT2D eigenvalue weighted by atomic mass is 15.1. The molecule has 0 bridgehead atoms. The molecule has 0 unspecified atom stereocenters. The molecule has 0 amide bonds. The Labute approximate surface area is 92.1 Å². The van der Waals surface area contributed by atoms with Crippen LogP contribution in [0.5, 0.6) is 0 Å². The van der Waals surface area contributed by atoms with E-state index in [4.69, 9.17) is 5.73 Å². The molecule has 2 N–H and O–H groups in total. The fraction of sp³-hybridized carbons (Fsp3) is 0.538. The lowest BCUT2D eigenvalue weighted by molar-refractivity contribution is 0.288. The molecule has 2 heteroatoms. The fourth-order valence-electron chi connectivity index (χ4n) is 2.33. The van der Waals surface area contributed by atoms with E-state index in [-0.39, 0.29) is 0 Å². The van der Waals surface area contributed by atoms with Crippen LogP contribution < -0.4 is 5.73 Å². The Balaban J connectivity index is 2.11. The van der Waals surface area contributed by atoms with E-state index in [1.54, 1.807) is 0 Å². The van der Waals surface area contributed by atoms with E-state index in [2.05, 4.69) is 24.0 Å². The van der Waals surface area contributed by atoms with E-state index in [1.807, 2.05) is 6.07 Å². The third-order valence-electron chi connectivity index (χ3n) is 3.16. The maximum Gasteiger partial charge on any atom is 0.0316 e. The number of hydrogen-bond donors (Lipinski definition) is 1. The van der Waals surface area contributed by atoms with Crippen molar-refractivity contribution in [3.63, 3.8) is 0 Å². The Morgan fingerprint density at radius 3 is 2.67 bits per heavy atom. The molecule has 0 fully saturated rings. The molecule has 1 aromatic carbocycles. The second-order valence-electron chi connectivity index (χ2n) is 4.37. The summed E-state index contributed by atoms with van der Waals surface area (Å²) in [6.45, 7) is 5.86. The normalized spacial score (nSPS) is 17.1. The first-order valence-corrected chi connectivity index (χ1v) is 5.89. The highest BCUT2D eigenvalue weighted by molar-refractivity contribution is 5.45. The van der Waals surface area contributed by atoms with Gasteiger partial charge in [-0.05, 0) is 49.1 Å². The molecule has 82 valence electrons. The van der Waals surface area contributed by atoms with Crippen molar-refractivity contribution in [2.45, 2.75) is 26.2 Å². The molecule has 1 aliphatic rings. The van der Waals surface area contributed by atoms with Gasteiger partial charge in [0.15, 0.2) is 0 Å². The number of nitrogen functional groups attached to an aromatic ring is 1.